The van der Waals surface area contributed by atoms with Crippen molar-refractivity contribution >= 4 is 12.0 Å². The molecule has 0 bridgehead atoms. The Morgan fingerprint density at radius 3 is 2.40 bits per heavy atom. The molecule has 0 saturated carbocycles. The Balaban J connectivity index is 2.47. The van der Waals surface area contributed by atoms with Gasteiger partial charge in [-0.3, -0.25) is 0 Å². The Labute approximate surface area is 119 Å². The molecular formula is C15H22N2O3. The van der Waals surface area contributed by atoms with Gasteiger partial charge in [-0.1, -0.05) is 44.2 Å². The molecule has 2 amide bonds. The fourth-order valence-corrected chi connectivity index (χ4v) is 1.73. The normalized spacial score (nSPS) is 11.9. The third-order valence-corrected chi connectivity index (χ3v) is 2.89. The maximum atomic E-state index is 11.6. The second-order valence-corrected chi connectivity index (χ2v) is 5.16. The Morgan fingerprint density at radius 1 is 1.20 bits per heavy atom. The zero-order chi connectivity index (χ0) is 15.0. The number of carboxylic acids is 1. The number of hydrogen-bond acceptors (Lipinski definition) is 2. The molecule has 3 N–H and O–H groups in total. The van der Waals surface area contributed by atoms with Crippen LogP contribution in [0.2, 0.25) is 0 Å². The van der Waals surface area contributed by atoms with Crippen LogP contribution >= 0.6 is 0 Å². The molecule has 1 aromatic rings. The summed E-state index contributed by atoms with van der Waals surface area (Å²) >= 11 is 0. The number of hydrogen-bond donors (Lipinski definition) is 3. The lowest BCUT2D eigenvalue weighted by Crippen LogP contribution is -2.47. The fourth-order valence-electron chi connectivity index (χ4n) is 1.73. The molecule has 20 heavy (non-hydrogen) atoms. The molecule has 1 rings (SSSR count). The molecule has 0 heterocycles. The van der Waals surface area contributed by atoms with Gasteiger partial charge in [0.05, 0.1) is 0 Å². The summed E-state index contributed by atoms with van der Waals surface area (Å²) in [6.45, 7) is 4.67. The van der Waals surface area contributed by atoms with Crippen molar-refractivity contribution in [2.24, 2.45) is 5.92 Å². The van der Waals surface area contributed by atoms with E-state index in [1.807, 2.05) is 30.3 Å². The summed E-state index contributed by atoms with van der Waals surface area (Å²) in [5, 5.41) is 14.3. The Hall–Kier alpha value is -2.04. The van der Waals surface area contributed by atoms with Gasteiger partial charge in [-0.25, -0.2) is 9.59 Å². The topological polar surface area (TPSA) is 78.4 Å². The van der Waals surface area contributed by atoms with Crippen molar-refractivity contribution in [1.29, 1.82) is 0 Å². The minimum absolute atomic E-state index is 0.272. The van der Waals surface area contributed by atoms with Crippen LogP contribution in [0.25, 0.3) is 0 Å². The van der Waals surface area contributed by atoms with Gasteiger partial charge in [-0.2, -0.15) is 0 Å². The van der Waals surface area contributed by atoms with E-state index in [1.165, 1.54) is 0 Å². The summed E-state index contributed by atoms with van der Waals surface area (Å²) in [6, 6.07) is 7.88. The van der Waals surface area contributed by atoms with Crippen LogP contribution in [0.1, 0.15) is 25.8 Å². The minimum Gasteiger partial charge on any atom is -0.480 e. The van der Waals surface area contributed by atoms with Crippen molar-refractivity contribution in [3.8, 4) is 0 Å². The second kappa shape index (κ2) is 8.19. The highest BCUT2D eigenvalue weighted by atomic mass is 16.4. The van der Waals surface area contributed by atoms with E-state index in [2.05, 4.69) is 24.5 Å². The highest BCUT2D eigenvalue weighted by Gasteiger charge is 2.20. The highest BCUT2D eigenvalue weighted by molar-refractivity contribution is 5.82. The first-order valence-corrected chi connectivity index (χ1v) is 6.80. The van der Waals surface area contributed by atoms with Crippen molar-refractivity contribution < 1.29 is 14.7 Å². The molecule has 0 aliphatic carbocycles. The minimum atomic E-state index is -1.03. The van der Waals surface area contributed by atoms with Crippen LogP contribution in [-0.4, -0.2) is 29.7 Å². The van der Waals surface area contributed by atoms with Gasteiger partial charge >= 0.3 is 12.0 Å². The zero-order valence-corrected chi connectivity index (χ0v) is 11.9. The van der Waals surface area contributed by atoms with Gasteiger partial charge in [-0.05, 0) is 17.9 Å². The Kier molecular flexibility index (Phi) is 6.56. The molecule has 0 unspecified atom stereocenters. The van der Waals surface area contributed by atoms with Crippen molar-refractivity contribution in [1.82, 2.24) is 10.6 Å². The molecule has 0 aliphatic rings. The van der Waals surface area contributed by atoms with E-state index in [4.69, 9.17) is 5.11 Å². The van der Waals surface area contributed by atoms with E-state index < -0.39 is 18.0 Å². The van der Waals surface area contributed by atoms with Crippen molar-refractivity contribution in [3.05, 3.63) is 35.9 Å². The molecule has 0 saturated heterocycles. The van der Waals surface area contributed by atoms with Gasteiger partial charge in [0, 0.05) is 13.0 Å². The summed E-state index contributed by atoms with van der Waals surface area (Å²) in [6.07, 6.45) is 1.14. The van der Waals surface area contributed by atoms with Crippen molar-refractivity contribution in [2.45, 2.75) is 32.7 Å². The number of aliphatic carboxylic acids is 1. The largest absolute Gasteiger partial charge is 0.480 e. The van der Waals surface area contributed by atoms with Gasteiger partial charge in [0.25, 0.3) is 0 Å². The smallest absolute Gasteiger partial charge is 0.326 e. The zero-order valence-electron chi connectivity index (χ0n) is 11.9. The molecule has 0 spiro atoms. The molecule has 1 atom stereocenters. The number of urea groups is 1. The predicted octanol–water partition coefficient (Wildman–Crippen LogP) is 2.03. The summed E-state index contributed by atoms with van der Waals surface area (Å²) in [7, 11) is 0. The molecular weight excluding hydrogens is 256 g/mol. The van der Waals surface area contributed by atoms with E-state index >= 15 is 0 Å². The van der Waals surface area contributed by atoms with Crippen LogP contribution in [0.4, 0.5) is 4.79 Å². The van der Waals surface area contributed by atoms with Crippen LogP contribution in [0.3, 0.4) is 0 Å². The summed E-state index contributed by atoms with van der Waals surface area (Å²) < 4.78 is 0. The number of benzene rings is 1. The van der Waals surface area contributed by atoms with E-state index in [-0.39, 0.29) is 6.42 Å². The predicted molar refractivity (Wildman–Crippen MR) is 77.6 cm³/mol. The summed E-state index contributed by atoms with van der Waals surface area (Å²) in [5.41, 5.74) is 0.877. The molecule has 0 aliphatic heterocycles. The lowest BCUT2D eigenvalue weighted by molar-refractivity contribution is -0.139. The standard InChI is InChI=1S/C15H22N2O3/c1-11(2)8-9-16-15(20)17-13(14(18)19)10-12-6-4-3-5-7-12/h3-7,11,13H,8-10H2,1-2H3,(H,18,19)(H2,16,17,20)/t13-/m0/s1. The quantitative estimate of drug-likeness (QED) is 0.714. The summed E-state index contributed by atoms with van der Waals surface area (Å²) in [5.74, 6) is -0.539. The molecule has 0 aromatic heterocycles. The lowest BCUT2D eigenvalue weighted by atomic mass is 10.1. The van der Waals surface area contributed by atoms with E-state index in [0.29, 0.717) is 12.5 Å². The second-order valence-electron chi connectivity index (χ2n) is 5.16. The molecule has 110 valence electrons. The molecule has 0 fully saturated rings. The monoisotopic (exact) mass is 278 g/mol. The number of rotatable bonds is 7. The first-order chi connectivity index (χ1) is 9.49. The van der Waals surface area contributed by atoms with Crippen LogP contribution in [0, 0.1) is 5.92 Å². The SMILES string of the molecule is CC(C)CCNC(=O)N[C@@H](Cc1ccccc1)C(=O)O. The molecule has 1 aromatic carbocycles. The van der Waals surface area contributed by atoms with Gasteiger partial charge < -0.3 is 15.7 Å². The van der Waals surface area contributed by atoms with E-state index in [1.54, 1.807) is 0 Å². The maximum absolute atomic E-state index is 11.6. The van der Waals surface area contributed by atoms with Crippen LogP contribution < -0.4 is 10.6 Å². The van der Waals surface area contributed by atoms with Crippen molar-refractivity contribution in [2.75, 3.05) is 6.54 Å². The average molecular weight is 278 g/mol. The van der Waals surface area contributed by atoms with Crippen LogP contribution in [-0.2, 0) is 11.2 Å². The van der Waals surface area contributed by atoms with Gasteiger partial charge in [0.1, 0.15) is 6.04 Å². The van der Waals surface area contributed by atoms with Crippen molar-refractivity contribution in [3.63, 3.8) is 0 Å². The Morgan fingerprint density at radius 2 is 1.85 bits per heavy atom. The van der Waals surface area contributed by atoms with Crippen LogP contribution in [0.15, 0.2) is 30.3 Å². The number of carbonyl (C=O) groups excluding carboxylic acids is 1. The molecule has 5 heteroatoms. The number of carbonyl (C=O) groups is 2. The fraction of sp³-hybridized carbons (Fsp3) is 0.467. The number of carboxylic acid groups (broad SMARTS) is 1. The number of nitrogens with one attached hydrogen (secondary N) is 2. The molecule has 5 nitrogen and oxygen atoms in total. The third-order valence-electron chi connectivity index (χ3n) is 2.89. The lowest BCUT2D eigenvalue weighted by Gasteiger charge is -2.15. The van der Waals surface area contributed by atoms with Gasteiger partial charge in [0.2, 0.25) is 0 Å². The first kappa shape index (κ1) is 16.0. The molecule has 0 radical (unpaired) electrons. The van der Waals surface area contributed by atoms with Gasteiger partial charge in [-0.15, -0.1) is 0 Å². The third kappa shape index (κ3) is 6.22. The average Bonchev–Trinajstić information content (AvgIpc) is 2.38. The van der Waals surface area contributed by atoms with Gasteiger partial charge in [0.15, 0.2) is 0 Å². The Bertz CT molecular complexity index is 432. The van der Waals surface area contributed by atoms with Crippen LogP contribution in [0.5, 0.6) is 0 Å². The summed E-state index contributed by atoms with van der Waals surface area (Å²) in [4.78, 5) is 22.8. The van der Waals surface area contributed by atoms with E-state index in [9.17, 15) is 9.59 Å². The number of amides is 2. The van der Waals surface area contributed by atoms with E-state index in [0.717, 1.165) is 12.0 Å². The maximum Gasteiger partial charge on any atom is 0.326 e. The highest BCUT2D eigenvalue weighted by Crippen LogP contribution is 2.03. The first-order valence-electron chi connectivity index (χ1n) is 6.80.